The van der Waals surface area contributed by atoms with Gasteiger partial charge in [-0.3, -0.25) is 4.21 Å². The highest BCUT2D eigenvalue weighted by atomic mass is 32.2. The predicted molar refractivity (Wildman–Crippen MR) is 81.7 cm³/mol. The second kappa shape index (κ2) is 7.89. The monoisotopic (exact) mass is 297 g/mol. The number of halogens is 1. The lowest BCUT2D eigenvalue weighted by Gasteiger charge is -2.24. The number of hydrogen-bond acceptors (Lipinski definition) is 2. The lowest BCUT2D eigenvalue weighted by molar-refractivity contribution is 0.385. The summed E-state index contributed by atoms with van der Waals surface area (Å²) in [4.78, 5) is 0.341. The van der Waals surface area contributed by atoms with Gasteiger partial charge < -0.3 is 5.32 Å². The summed E-state index contributed by atoms with van der Waals surface area (Å²) in [6, 6.07) is 6.66. The van der Waals surface area contributed by atoms with E-state index in [4.69, 9.17) is 0 Å². The molecule has 112 valence electrons. The Hall–Kier alpha value is -0.740. The van der Waals surface area contributed by atoms with Crippen LogP contribution in [0.5, 0.6) is 0 Å². The first-order valence-electron chi connectivity index (χ1n) is 7.58. The number of nitrogens with one attached hydrogen (secondary N) is 1. The van der Waals surface area contributed by atoms with Gasteiger partial charge in [0.15, 0.2) is 0 Å². The topological polar surface area (TPSA) is 29.1 Å². The molecule has 0 aliphatic heterocycles. The molecule has 0 heterocycles. The van der Waals surface area contributed by atoms with Gasteiger partial charge in [0, 0.05) is 11.8 Å². The predicted octanol–water partition coefficient (Wildman–Crippen LogP) is 3.49. The van der Waals surface area contributed by atoms with Gasteiger partial charge in [-0.25, -0.2) is 4.39 Å². The quantitative estimate of drug-likeness (QED) is 0.834. The standard InChI is InChI=1S/C16H24FNOS/c1-2-11-18-15(13-7-3-4-8-13)12-20(19)16-10-6-5-9-14(16)17/h5-6,9-10,13,15,18H,2-4,7-8,11-12H2,1H3. The molecule has 2 atom stereocenters. The molecule has 2 rings (SSSR count). The fourth-order valence-electron chi connectivity index (χ4n) is 2.93. The Morgan fingerprint density at radius 2 is 2.05 bits per heavy atom. The molecule has 0 saturated heterocycles. The zero-order chi connectivity index (χ0) is 14.4. The van der Waals surface area contributed by atoms with Gasteiger partial charge in [-0.1, -0.05) is 31.9 Å². The van der Waals surface area contributed by atoms with Gasteiger partial charge in [0.25, 0.3) is 0 Å². The van der Waals surface area contributed by atoms with Crippen LogP contribution in [0.15, 0.2) is 29.2 Å². The number of benzene rings is 1. The second-order valence-electron chi connectivity index (χ2n) is 5.55. The molecule has 1 fully saturated rings. The Morgan fingerprint density at radius 3 is 2.70 bits per heavy atom. The average molecular weight is 297 g/mol. The van der Waals surface area contributed by atoms with Crippen molar-refractivity contribution in [3.8, 4) is 0 Å². The van der Waals surface area contributed by atoms with E-state index >= 15 is 0 Å². The van der Waals surface area contributed by atoms with Crippen LogP contribution in [-0.2, 0) is 10.8 Å². The number of rotatable bonds is 7. The molecule has 0 aromatic heterocycles. The molecule has 1 saturated carbocycles. The Morgan fingerprint density at radius 1 is 1.35 bits per heavy atom. The summed E-state index contributed by atoms with van der Waals surface area (Å²) in [6.45, 7) is 3.07. The highest BCUT2D eigenvalue weighted by Crippen LogP contribution is 2.29. The zero-order valence-electron chi connectivity index (χ0n) is 12.1. The number of hydrogen-bond donors (Lipinski definition) is 1. The van der Waals surface area contributed by atoms with Crippen molar-refractivity contribution >= 4 is 10.8 Å². The molecule has 20 heavy (non-hydrogen) atoms. The summed E-state index contributed by atoms with van der Waals surface area (Å²) in [7, 11) is -1.26. The van der Waals surface area contributed by atoms with E-state index < -0.39 is 10.8 Å². The minimum atomic E-state index is -1.26. The largest absolute Gasteiger partial charge is 0.313 e. The lowest BCUT2D eigenvalue weighted by Crippen LogP contribution is -2.40. The first-order valence-corrected chi connectivity index (χ1v) is 8.90. The molecule has 4 heteroatoms. The van der Waals surface area contributed by atoms with Crippen molar-refractivity contribution in [3.63, 3.8) is 0 Å². The van der Waals surface area contributed by atoms with Crippen molar-refractivity contribution in [2.24, 2.45) is 5.92 Å². The maximum Gasteiger partial charge on any atom is 0.139 e. The van der Waals surface area contributed by atoms with Gasteiger partial charge in [0.1, 0.15) is 5.82 Å². The van der Waals surface area contributed by atoms with E-state index in [0.717, 1.165) is 13.0 Å². The summed E-state index contributed by atoms with van der Waals surface area (Å²) in [5.74, 6) is 0.759. The molecule has 1 aromatic carbocycles. The summed E-state index contributed by atoms with van der Waals surface area (Å²) < 4.78 is 26.1. The Labute approximate surface area is 123 Å². The molecule has 0 radical (unpaired) electrons. The molecule has 0 amide bonds. The van der Waals surface area contributed by atoms with E-state index in [1.165, 1.54) is 31.7 Å². The third-order valence-corrected chi connectivity index (χ3v) is 5.52. The normalized spacial score (nSPS) is 19.1. The maximum atomic E-state index is 13.7. The van der Waals surface area contributed by atoms with Crippen LogP contribution < -0.4 is 5.32 Å². The van der Waals surface area contributed by atoms with Gasteiger partial charge >= 0.3 is 0 Å². The van der Waals surface area contributed by atoms with Crippen molar-refractivity contribution in [1.82, 2.24) is 5.32 Å². The zero-order valence-corrected chi connectivity index (χ0v) is 12.9. The lowest BCUT2D eigenvalue weighted by atomic mass is 10.00. The van der Waals surface area contributed by atoms with E-state index in [1.807, 2.05) is 0 Å². The average Bonchev–Trinajstić information content (AvgIpc) is 2.97. The van der Waals surface area contributed by atoms with E-state index in [-0.39, 0.29) is 11.9 Å². The van der Waals surface area contributed by atoms with Crippen LogP contribution in [0.4, 0.5) is 4.39 Å². The van der Waals surface area contributed by atoms with Crippen LogP contribution in [0.25, 0.3) is 0 Å². The van der Waals surface area contributed by atoms with Gasteiger partial charge in [0.2, 0.25) is 0 Å². The third-order valence-electron chi connectivity index (χ3n) is 4.04. The Kier molecular flexibility index (Phi) is 6.17. The van der Waals surface area contributed by atoms with Gasteiger partial charge in [-0.15, -0.1) is 0 Å². The first kappa shape index (κ1) is 15.6. The van der Waals surface area contributed by atoms with Crippen LogP contribution in [-0.4, -0.2) is 22.5 Å². The second-order valence-corrected chi connectivity index (χ2v) is 7.01. The molecule has 2 nitrogen and oxygen atoms in total. The molecule has 0 bridgehead atoms. The van der Waals surface area contributed by atoms with Gasteiger partial charge in [-0.05, 0) is 43.9 Å². The van der Waals surface area contributed by atoms with Crippen molar-refractivity contribution in [2.45, 2.75) is 50.0 Å². The van der Waals surface area contributed by atoms with E-state index in [0.29, 0.717) is 16.6 Å². The van der Waals surface area contributed by atoms with Crippen molar-refractivity contribution in [2.75, 3.05) is 12.3 Å². The third kappa shape index (κ3) is 4.13. The van der Waals surface area contributed by atoms with E-state index in [2.05, 4.69) is 12.2 Å². The fourth-order valence-corrected chi connectivity index (χ4v) is 4.35. The highest BCUT2D eigenvalue weighted by molar-refractivity contribution is 7.85. The summed E-state index contributed by atoms with van der Waals surface area (Å²) in [5, 5.41) is 3.52. The van der Waals surface area contributed by atoms with Crippen LogP contribution >= 0.6 is 0 Å². The van der Waals surface area contributed by atoms with Gasteiger partial charge in [0.05, 0.1) is 15.7 Å². The van der Waals surface area contributed by atoms with Crippen LogP contribution in [0.1, 0.15) is 39.0 Å². The van der Waals surface area contributed by atoms with E-state index in [1.54, 1.807) is 18.2 Å². The van der Waals surface area contributed by atoms with Crippen LogP contribution in [0.2, 0.25) is 0 Å². The molecule has 1 aliphatic rings. The smallest absolute Gasteiger partial charge is 0.139 e. The summed E-state index contributed by atoms with van der Waals surface area (Å²) in [6.07, 6.45) is 6.00. The summed E-state index contributed by atoms with van der Waals surface area (Å²) in [5.41, 5.74) is 0. The van der Waals surface area contributed by atoms with Crippen molar-refractivity contribution in [1.29, 1.82) is 0 Å². The van der Waals surface area contributed by atoms with Crippen molar-refractivity contribution < 1.29 is 8.60 Å². The first-order chi connectivity index (χ1) is 9.72. The SMILES string of the molecule is CCCNC(CS(=O)c1ccccc1F)C1CCCC1. The van der Waals surface area contributed by atoms with Gasteiger partial charge in [-0.2, -0.15) is 0 Å². The highest BCUT2D eigenvalue weighted by Gasteiger charge is 2.26. The van der Waals surface area contributed by atoms with Crippen LogP contribution in [0, 0.1) is 11.7 Å². The molecular formula is C16H24FNOS. The van der Waals surface area contributed by atoms with Crippen molar-refractivity contribution in [3.05, 3.63) is 30.1 Å². The minimum Gasteiger partial charge on any atom is -0.313 e. The summed E-state index contributed by atoms with van der Waals surface area (Å²) >= 11 is 0. The fraction of sp³-hybridized carbons (Fsp3) is 0.625. The molecule has 2 unspecified atom stereocenters. The Bertz CT molecular complexity index is 446. The Balaban J connectivity index is 2.02. The van der Waals surface area contributed by atoms with Crippen LogP contribution in [0.3, 0.4) is 0 Å². The minimum absolute atomic E-state index is 0.248. The molecular weight excluding hydrogens is 273 g/mol. The van der Waals surface area contributed by atoms with E-state index in [9.17, 15) is 8.60 Å². The molecule has 1 N–H and O–H groups in total. The maximum absolute atomic E-state index is 13.7. The molecule has 1 aromatic rings. The molecule has 1 aliphatic carbocycles. The molecule has 0 spiro atoms.